The molecule has 0 bridgehead atoms. The maximum Gasteiger partial charge on any atom is 0.271 e. The predicted molar refractivity (Wildman–Crippen MR) is 152 cm³/mol. The molecular formula is C28H32N4O7S. The van der Waals surface area contributed by atoms with Gasteiger partial charge in [0.15, 0.2) is 0 Å². The van der Waals surface area contributed by atoms with Crippen molar-refractivity contribution in [2.24, 2.45) is 0 Å². The lowest BCUT2D eigenvalue weighted by molar-refractivity contribution is -0.384. The van der Waals surface area contributed by atoms with Crippen LogP contribution in [0.1, 0.15) is 16.7 Å². The second kappa shape index (κ2) is 13.1. The van der Waals surface area contributed by atoms with E-state index in [9.17, 15) is 28.1 Å². The number of amides is 2. The lowest BCUT2D eigenvalue weighted by atomic mass is 10.0. The number of aryl methyl sites for hydroxylation is 1. The van der Waals surface area contributed by atoms with Crippen LogP contribution in [-0.4, -0.2) is 63.1 Å². The average Bonchev–Trinajstić information content (AvgIpc) is 2.93. The van der Waals surface area contributed by atoms with E-state index >= 15 is 0 Å². The van der Waals surface area contributed by atoms with Crippen LogP contribution < -0.4 is 14.4 Å². The van der Waals surface area contributed by atoms with E-state index in [0.717, 1.165) is 33.3 Å². The van der Waals surface area contributed by atoms with Crippen molar-refractivity contribution in [1.82, 2.24) is 10.2 Å². The summed E-state index contributed by atoms with van der Waals surface area (Å²) in [6.07, 6.45) is 1.07. The lowest BCUT2D eigenvalue weighted by Crippen LogP contribution is -2.52. The van der Waals surface area contributed by atoms with E-state index < -0.39 is 39.3 Å². The van der Waals surface area contributed by atoms with Crippen LogP contribution in [0.2, 0.25) is 0 Å². The molecule has 3 aromatic rings. The third-order valence-corrected chi connectivity index (χ3v) is 7.44. The van der Waals surface area contributed by atoms with Gasteiger partial charge in [0, 0.05) is 32.1 Å². The van der Waals surface area contributed by atoms with Gasteiger partial charge >= 0.3 is 0 Å². The Balaban J connectivity index is 2.09. The first-order valence-electron chi connectivity index (χ1n) is 12.3. The summed E-state index contributed by atoms with van der Waals surface area (Å²) >= 11 is 0. The summed E-state index contributed by atoms with van der Waals surface area (Å²) in [6, 6.07) is 19.1. The van der Waals surface area contributed by atoms with Gasteiger partial charge in [-0.05, 0) is 24.1 Å². The number of nitro benzene ring substituents is 1. The first-order chi connectivity index (χ1) is 18.9. The van der Waals surface area contributed by atoms with E-state index in [2.05, 4.69) is 5.32 Å². The molecule has 0 aliphatic carbocycles. The van der Waals surface area contributed by atoms with E-state index in [1.807, 2.05) is 61.5 Å². The first kappa shape index (κ1) is 30.1. The largest absolute Gasteiger partial charge is 0.495 e. The van der Waals surface area contributed by atoms with E-state index in [4.69, 9.17) is 4.74 Å². The molecule has 3 aromatic carbocycles. The minimum atomic E-state index is -4.13. The van der Waals surface area contributed by atoms with Crippen molar-refractivity contribution in [3.63, 3.8) is 0 Å². The number of sulfonamides is 1. The molecule has 0 aliphatic heterocycles. The highest BCUT2D eigenvalue weighted by Crippen LogP contribution is 2.34. The van der Waals surface area contributed by atoms with Gasteiger partial charge in [-0.3, -0.25) is 24.0 Å². The molecule has 40 heavy (non-hydrogen) atoms. The summed E-state index contributed by atoms with van der Waals surface area (Å²) < 4.78 is 31.9. The van der Waals surface area contributed by atoms with Gasteiger partial charge in [0.05, 0.1) is 18.3 Å². The number of rotatable bonds is 12. The van der Waals surface area contributed by atoms with Crippen LogP contribution in [0.3, 0.4) is 0 Å². The molecular weight excluding hydrogens is 536 g/mol. The molecule has 1 atom stereocenters. The number of anilines is 1. The van der Waals surface area contributed by atoms with Gasteiger partial charge in [-0.1, -0.05) is 60.2 Å². The number of hydrogen-bond acceptors (Lipinski definition) is 7. The van der Waals surface area contributed by atoms with Crippen LogP contribution in [0.4, 0.5) is 11.4 Å². The molecule has 0 saturated heterocycles. The quantitative estimate of drug-likeness (QED) is 0.262. The number of nitro groups is 1. The van der Waals surface area contributed by atoms with Crippen molar-refractivity contribution in [3.05, 3.63) is 99.6 Å². The molecule has 0 unspecified atom stereocenters. The molecule has 0 heterocycles. The molecule has 212 valence electrons. The van der Waals surface area contributed by atoms with Crippen molar-refractivity contribution in [3.8, 4) is 5.75 Å². The SMILES string of the molecule is CNC(=O)[C@H](Cc1ccccc1)N(Cc1ccc(C)cc1)C(=O)CN(c1cc([N+](=O)[O-])ccc1OC)S(C)(=O)=O. The van der Waals surface area contributed by atoms with Gasteiger partial charge in [-0.15, -0.1) is 0 Å². The molecule has 1 N–H and O–H groups in total. The average molecular weight is 569 g/mol. The highest BCUT2D eigenvalue weighted by atomic mass is 32.2. The van der Waals surface area contributed by atoms with Crippen molar-refractivity contribution in [2.45, 2.75) is 25.9 Å². The molecule has 0 saturated carbocycles. The predicted octanol–water partition coefficient (Wildman–Crippen LogP) is 3.06. The van der Waals surface area contributed by atoms with Crippen LogP contribution in [0.5, 0.6) is 5.75 Å². The van der Waals surface area contributed by atoms with Crippen LogP contribution in [0.15, 0.2) is 72.8 Å². The maximum absolute atomic E-state index is 14.0. The summed E-state index contributed by atoms with van der Waals surface area (Å²) in [4.78, 5) is 39.2. The Labute approximate surface area is 233 Å². The molecule has 12 heteroatoms. The lowest BCUT2D eigenvalue weighted by Gasteiger charge is -2.33. The zero-order chi connectivity index (χ0) is 29.4. The van der Waals surface area contributed by atoms with Crippen molar-refractivity contribution in [1.29, 1.82) is 0 Å². The minimum absolute atomic E-state index is 0.0215. The molecule has 3 rings (SSSR count). The second-order valence-corrected chi connectivity index (χ2v) is 11.1. The Kier molecular flexibility index (Phi) is 9.83. The normalized spacial score (nSPS) is 11.8. The van der Waals surface area contributed by atoms with Crippen molar-refractivity contribution in [2.75, 3.05) is 31.3 Å². The Morgan fingerprint density at radius 2 is 1.68 bits per heavy atom. The maximum atomic E-state index is 14.0. The number of likely N-dealkylation sites (N-methyl/N-ethyl adjacent to an activating group) is 1. The molecule has 0 fully saturated rings. The molecule has 0 radical (unpaired) electrons. The summed E-state index contributed by atoms with van der Waals surface area (Å²) in [5, 5.41) is 14.0. The number of hydrogen-bond donors (Lipinski definition) is 1. The number of carbonyl (C=O) groups excluding carboxylic acids is 2. The minimum Gasteiger partial charge on any atom is -0.495 e. The number of methoxy groups -OCH3 is 1. The summed E-state index contributed by atoms with van der Waals surface area (Å²) in [6.45, 7) is 1.23. The Morgan fingerprint density at radius 1 is 1.02 bits per heavy atom. The number of nitrogens with zero attached hydrogens (tertiary/aromatic N) is 3. The Bertz CT molecular complexity index is 1460. The second-order valence-electron chi connectivity index (χ2n) is 9.21. The fraction of sp³-hybridized carbons (Fsp3) is 0.286. The van der Waals surface area contributed by atoms with Crippen LogP contribution >= 0.6 is 0 Å². The zero-order valence-corrected chi connectivity index (χ0v) is 23.6. The zero-order valence-electron chi connectivity index (χ0n) is 22.7. The van der Waals surface area contributed by atoms with Crippen molar-refractivity contribution >= 4 is 33.2 Å². The van der Waals surface area contributed by atoms with Gasteiger partial charge < -0.3 is 15.0 Å². The van der Waals surface area contributed by atoms with E-state index in [1.54, 1.807) is 0 Å². The number of ether oxygens (including phenoxy) is 1. The topological polar surface area (TPSA) is 139 Å². The van der Waals surface area contributed by atoms with Gasteiger partial charge in [-0.2, -0.15) is 0 Å². The van der Waals surface area contributed by atoms with E-state index in [0.29, 0.717) is 0 Å². The Morgan fingerprint density at radius 3 is 2.23 bits per heavy atom. The summed E-state index contributed by atoms with van der Waals surface area (Å²) in [5.41, 5.74) is 2.01. The molecule has 2 amide bonds. The number of nitrogens with one attached hydrogen (secondary N) is 1. The third-order valence-electron chi connectivity index (χ3n) is 6.31. The summed E-state index contributed by atoms with van der Waals surface area (Å²) in [7, 11) is -1.37. The fourth-order valence-corrected chi connectivity index (χ4v) is 5.04. The van der Waals surface area contributed by atoms with Crippen LogP contribution in [-0.2, 0) is 32.6 Å². The first-order valence-corrected chi connectivity index (χ1v) is 14.2. The number of benzene rings is 3. The fourth-order valence-electron chi connectivity index (χ4n) is 4.19. The van der Waals surface area contributed by atoms with E-state index in [-0.39, 0.29) is 30.1 Å². The monoisotopic (exact) mass is 568 g/mol. The third kappa shape index (κ3) is 7.56. The van der Waals surface area contributed by atoms with Crippen LogP contribution in [0, 0.1) is 17.0 Å². The number of non-ortho nitro benzene ring substituents is 1. The van der Waals surface area contributed by atoms with Crippen molar-refractivity contribution < 1.29 is 27.7 Å². The summed E-state index contributed by atoms with van der Waals surface area (Å²) in [5.74, 6) is -1.08. The highest BCUT2D eigenvalue weighted by molar-refractivity contribution is 7.92. The van der Waals surface area contributed by atoms with Gasteiger partial charge in [0.1, 0.15) is 24.0 Å². The van der Waals surface area contributed by atoms with Gasteiger partial charge in [-0.25, -0.2) is 8.42 Å². The number of carbonyl (C=O) groups is 2. The van der Waals surface area contributed by atoms with Crippen LogP contribution in [0.25, 0.3) is 0 Å². The Hall–Kier alpha value is -4.45. The highest BCUT2D eigenvalue weighted by Gasteiger charge is 2.33. The molecule has 11 nitrogen and oxygen atoms in total. The van der Waals surface area contributed by atoms with Gasteiger partial charge in [0.25, 0.3) is 5.69 Å². The van der Waals surface area contributed by atoms with Gasteiger partial charge in [0.2, 0.25) is 21.8 Å². The molecule has 0 spiro atoms. The molecule has 0 aromatic heterocycles. The smallest absolute Gasteiger partial charge is 0.271 e. The standard InChI is InChI=1S/C28H32N4O7S/c1-20-10-12-22(13-11-20)18-30(25(28(34)29-2)16-21-8-6-5-7-9-21)27(33)19-31(40(4,37)38)24-17-23(32(35)36)14-15-26(24)39-3/h5-15,17,25H,16,18-19H2,1-4H3,(H,29,34)/t25-/m0/s1. The van der Waals surface area contributed by atoms with E-state index in [1.165, 1.54) is 31.2 Å². The molecule has 0 aliphatic rings.